The van der Waals surface area contributed by atoms with Crippen LogP contribution in [0.4, 0.5) is 4.39 Å². The molecule has 1 aromatic rings. The van der Waals surface area contributed by atoms with Crippen LogP contribution >= 0.6 is 15.9 Å². The van der Waals surface area contributed by atoms with Crippen molar-refractivity contribution in [2.75, 3.05) is 19.6 Å². The zero-order valence-electron chi connectivity index (χ0n) is 10.5. The lowest BCUT2D eigenvalue weighted by atomic mass is 10.2. The number of piperazine rings is 1. The maximum Gasteiger partial charge on any atom is 0.312 e. The van der Waals surface area contributed by atoms with E-state index in [-0.39, 0.29) is 5.82 Å². The first-order chi connectivity index (χ1) is 9.02. The van der Waals surface area contributed by atoms with E-state index in [9.17, 15) is 14.0 Å². The molecule has 1 aliphatic rings. The standard InChI is InChI=1S/C13H14BrFN2O2/c1-2-16-5-6-17(13(19)12(16)18)8-9-3-4-11(15)10(14)7-9/h3-4,7H,2,5-6,8H2,1H3. The smallest absolute Gasteiger partial charge is 0.312 e. The number of amides is 2. The van der Waals surface area contributed by atoms with Gasteiger partial charge in [-0.2, -0.15) is 0 Å². The van der Waals surface area contributed by atoms with Crippen LogP contribution in [-0.2, 0) is 16.1 Å². The Labute approximate surface area is 119 Å². The van der Waals surface area contributed by atoms with E-state index in [0.29, 0.717) is 30.7 Å². The number of hydrogen-bond donors (Lipinski definition) is 0. The Balaban J connectivity index is 2.09. The molecule has 102 valence electrons. The largest absolute Gasteiger partial charge is 0.333 e. The summed E-state index contributed by atoms with van der Waals surface area (Å²) >= 11 is 3.10. The van der Waals surface area contributed by atoms with E-state index >= 15 is 0 Å². The molecule has 1 saturated heterocycles. The molecule has 1 fully saturated rings. The van der Waals surface area contributed by atoms with E-state index in [1.807, 2.05) is 6.92 Å². The van der Waals surface area contributed by atoms with Crippen molar-refractivity contribution in [2.24, 2.45) is 0 Å². The number of carbonyl (C=O) groups is 2. The molecule has 0 N–H and O–H groups in total. The second-order valence-electron chi connectivity index (χ2n) is 4.36. The molecule has 0 aliphatic carbocycles. The lowest BCUT2D eigenvalue weighted by molar-refractivity contribution is -0.156. The van der Waals surface area contributed by atoms with Crippen LogP contribution in [0.3, 0.4) is 0 Å². The first kappa shape index (κ1) is 14.0. The molecule has 1 aromatic carbocycles. The minimum atomic E-state index is -0.492. The predicted octanol–water partition coefficient (Wildman–Crippen LogP) is 1.78. The summed E-state index contributed by atoms with van der Waals surface area (Å²) in [6.07, 6.45) is 0. The van der Waals surface area contributed by atoms with Crippen LogP contribution in [0.25, 0.3) is 0 Å². The zero-order chi connectivity index (χ0) is 14.0. The quantitative estimate of drug-likeness (QED) is 0.793. The van der Waals surface area contributed by atoms with Gasteiger partial charge in [-0.15, -0.1) is 0 Å². The van der Waals surface area contributed by atoms with E-state index in [1.54, 1.807) is 12.1 Å². The summed E-state index contributed by atoms with van der Waals surface area (Å²) in [7, 11) is 0. The van der Waals surface area contributed by atoms with Gasteiger partial charge in [-0.05, 0) is 40.5 Å². The fourth-order valence-corrected chi connectivity index (χ4v) is 2.45. The van der Waals surface area contributed by atoms with Crippen LogP contribution in [0.1, 0.15) is 12.5 Å². The summed E-state index contributed by atoms with van der Waals surface area (Å²) in [5.41, 5.74) is 0.791. The molecule has 0 unspecified atom stereocenters. The van der Waals surface area contributed by atoms with Gasteiger partial charge in [0.2, 0.25) is 0 Å². The van der Waals surface area contributed by atoms with Gasteiger partial charge in [0, 0.05) is 26.2 Å². The molecule has 0 radical (unpaired) electrons. The molecule has 1 aliphatic heterocycles. The Hall–Kier alpha value is -1.43. The molecular weight excluding hydrogens is 315 g/mol. The van der Waals surface area contributed by atoms with Crippen LogP contribution in [0.2, 0.25) is 0 Å². The predicted molar refractivity (Wildman–Crippen MR) is 71.8 cm³/mol. The molecule has 4 nitrogen and oxygen atoms in total. The summed E-state index contributed by atoms with van der Waals surface area (Å²) in [5, 5.41) is 0. The first-order valence-corrected chi connectivity index (χ1v) is 6.84. The highest BCUT2D eigenvalue weighted by molar-refractivity contribution is 9.10. The number of nitrogens with zero attached hydrogens (tertiary/aromatic N) is 2. The minimum absolute atomic E-state index is 0.320. The Kier molecular flexibility index (Phi) is 4.19. The highest BCUT2D eigenvalue weighted by Crippen LogP contribution is 2.18. The van der Waals surface area contributed by atoms with E-state index < -0.39 is 11.8 Å². The van der Waals surface area contributed by atoms with Crippen molar-refractivity contribution < 1.29 is 14.0 Å². The lowest BCUT2D eigenvalue weighted by Crippen LogP contribution is -2.53. The van der Waals surface area contributed by atoms with Crippen molar-refractivity contribution in [3.63, 3.8) is 0 Å². The third-order valence-electron chi connectivity index (χ3n) is 3.14. The van der Waals surface area contributed by atoms with Crippen molar-refractivity contribution in [1.82, 2.24) is 9.80 Å². The van der Waals surface area contributed by atoms with E-state index in [4.69, 9.17) is 0 Å². The number of hydrogen-bond acceptors (Lipinski definition) is 2. The van der Waals surface area contributed by atoms with Gasteiger partial charge >= 0.3 is 11.8 Å². The summed E-state index contributed by atoms with van der Waals surface area (Å²) < 4.78 is 13.5. The van der Waals surface area contributed by atoms with Crippen molar-refractivity contribution >= 4 is 27.7 Å². The van der Waals surface area contributed by atoms with Crippen molar-refractivity contribution in [2.45, 2.75) is 13.5 Å². The van der Waals surface area contributed by atoms with Gasteiger partial charge in [-0.1, -0.05) is 6.07 Å². The third kappa shape index (κ3) is 2.94. The molecule has 0 saturated carbocycles. The second-order valence-corrected chi connectivity index (χ2v) is 5.21. The highest BCUT2D eigenvalue weighted by Gasteiger charge is 2.31. The Morgan fingerprint density at radius 2 is 1.84 bits per heavy atom. The number of benzene rings is 1. The fraction of sp³-hybridized carbons (Fsp3) is 0.385. The molecular formula is C13H14BrFN2O2. The van der Waals surface area contributed by atoms with Gasteiger partial charge in [0.15, 0.2) is 0 Å². The summed E-state index contributed by atoms with van der Waals surface area (Å²) in [4.78, 5) is 26.7. The van der Waals surface area contributed by atoms with Crippen LogP contribution in [-0.4, -0.2) is 41.2 Å². The van der Waals surface area contributed by atoms with Gasteiger partial charge in [0.1, 0.15) is 5.82 Å². The molecule has 0 bridgehead atoms. The fourth-order valence-electron chi connectivity index (χ4n) is 2.03. The number of carbonyl (C=O) groups excluding carboxylic acids is 2. The maximum absolute atomic E-state index is 13.1. The summed E-state index contributed by atoms with van der Waals surface area (Å²) in [5.74, 6) is -1.30. The van der Waals surface area contributed by atoms with Crippen molar-refractivity contribution in [3.05, 3.63) is 34.1 Å². The average molecular weight is 329 g/mol. The van der Waals surface area contributed by atoms with Crippen LogP contribution in [0.5, 0.6) is 0 Å². The maximum atomic E-state index is 13.1. The van der Waals surface area contributed by atoms with Crippen molar-refractivity contribution in [1.29, 1.82) is 0 Å². The van der Waals surface area contributed by atoms with E-state index in [0.717, 1.165) is 5.56 Å². The second kappa shape index (κ2) is 5.69. The lowest BCUT2D eigenvalue weighted by Gasteiger charge is -2.33. The normalized spacial score (nSPS) is 16.2. The molecule has 0 aromatic heterocycles. The van der Waals surface area contributed by atoms with Crippen LogP contribution < -0.4 is 0 Å². The molecule has 0 atom stereocenters. The molecule has 2 rings (SSSR count). The molecule has 6 heteroatoms. The third-order valence-corrected chi connectivity index (χ3v) is 3.74. The van der Waals surface area contributed by atoms with Gasteiger partial charge in [0.05, 0.1) is 4.47 Å². The van der Waals surface area contributed by atoms with Gasteiger partial charge in [-0.25, -0.2) is 4.39 Å². The summed E-state index contributed by atoms with van der Waals surface area (Å²) in [6.45, 7) is 3.76. The number of halogens is 2. The van der Waals surface area contributed by atoms with E-state index in [2.05, 4.69) is 15.9 Å². The zero-order valence-corrected chi connectivity index (χ0v) is 12.1. The first-order valence-electron chi connectivity index (χ1n) is 6.05. The topological polar surface area (TPSA) is 40.6 Å². The van der Waals surface area contributed by atoms with Crippen LogP contribution in [0, 0.1) is 5.82 Å². The van der Waals surface area contributed by atoms with Gasteiger partial charge < -0.3 is 9.80 Å². The Bertz CT molecular complexity index is 521. The van der Waals surface area contributed by atoms with E-state index in [1.165, 1.54) is 15.9 Å². The van der Waals surface area contributed by atoms with Gasteiger partial charge in [-0.3, -0.25) is 9.59 Å². The van der Waals surface area contributed by atoms with Crippen LogP contribution in [0.15, 0.2) is 22.7 Å². The number of rotatable bonds is 3. The molecule has 19 heavy (non-hydrogen) atoms. The van der Waals surface area contributed by atoms with Crippen molar-refractivity contribution in [3.8, 4) is 0 Å². The minimum Gasteiger partial charge on any atom is -0.333 e. The Morgan fingerprint density at radius 3 is 2.47 bits per heavy atom. The Morgan fingerprint density at radius 1 is 1.21 bits per heavy atom. The molecule has 1 heterocycles. The molecule has 2 amide bonds. The molecule has 0 spiro atoms. The SMILES string of the molecule is CCN1CCN(Cc2ccc(F)c(Br)c2)C(=O)C1=O. The summed E-state index contributed by atoms with van der Waals surface area (Å²) in [6, 6.07) is 4.58. The highest BCUT2D eigenvalue weighted by atomic mass is 79.9. The monoisotopic (exact) mass is 328 g/mol. The average Bonchev–Trinajstić information content (AvgIpc) is 2.40. The number of likely N-dealkylation sites (N-methyl/N-ethyl adjacent to an activating group) is 1. The van der Waals surface area contributed by atoms with Gasteiger partial charge in [0.25, 0.3) is 0 Å².